The Bertz CT molecular complexity index is 764. The smallest absolute Gasteiger partial charge is 0.257 e. The van der Waals surface area contributed by atoms with Gasteiger partial charge in [-0.2, -0.15) is 0 Å². The third kappa shape index (κ3) is 4.21. The average Bonchev–Trinajstić information content (AvgIpc) is 2.61. The zero-order valence-electron chi connectivity index (χ0n) is 16.1. The number of benzene rings is 1. The molecule has 0 aliphatic carbocycles. The van der Waals surface area contributed by atoms with Crippen molar-refractivity contribution >= 4 is 17.5 Å². The van der Waals surface area contributed by atoms with Gasteiger partial charge in [0, 0.05) is 31.2 Å². The van der Waals surface area contributed by atoms with Crippen LogP contribution in [0.1, 0.15) is 56.5 Å². The number of likely N-dealkylation sites (tertiary alicyclic amines) is 1. The van der Waals surface area contributed by atoms with E-state index in [0.29, 0.717) is 17.4 Å². The van der Waals surface area contributed by atoms with Gasteiger partial charge in [-0.3, -0.25) is 4.79 Å². The number of amides is 1. The van der Waals surface area contributed by atoms with Crippen molar-refractivity contribution in [2.45, 2.75) is 46.0 Å². The number of hydrogen-bond donors (Lipinski definition) is 1. The summed E-state index contributed by atoms with van der Waals surface area (Å²) >= 11 is 0. The Morgan fingerprint density at radius 2 is 1.88 bits per heavy atom. The molecule has 0 spiro atoms. The van der Waals surface area contributed by atoms with Crippen LogP contribution in [-0.4, -0.2) is 33.9 Å². The molecule has 1 aliphatic rings. The van der Waals surface area contributed by atoms with Crippen LogP contribution in [0.15, 0.2) is 36.7 Å². The number of hydrogen-bond acceptors (Lipinski definition) is 4. The minimum atomic E-state index is 0.0183. The lowest BCUT2D eigenvalue weighted by Crippen LogP contribution is -2.39. The van der Waals surface area contributed by atoms with Crippen molar-refractivity contribution in [2.24, 2.45) is 5.92 Å². The van der Waals surface area contributed by atoms with E-state index < -0.39 is 0 Å². The van der Waals surface area contributed by atoms with Gasteiger partial charge in [0.25, 0.3) is 5.91 Å². The van der Waals surface area contributed by atoms with E-state index in [0.717, 1.165) is 25.2 Å². The van der Waals surface area contributed by atoms with Gasteiger partial charge in [0.05, 0.1) is 5.56 Å². The molecule has 138 valence electrons. The van der Waals surface area contributed by atoms with Gasteiger partial charge in [-0.15, -0.1) is 0 Å². The highest BCUT2D eigenvalue weighted by molar-refractivity contribution is 5.93. The maximum Gasteiger partial charge on any atom is 0.257 e. The minimum Gasteiger partial charge on any atom is -0.338 e. The molecule has 0 bridgehead atoms. The van der Waals surface area contributed by atoms with Crippen LogP contribution in [0.2, 0.25) is 0 Å². The van der Waals surface area contributed by atoms with Crippen LogP contribution < -0.4 is 5.32 Å². The molecule has 1 aromatic carbocycles. The molecule has 1 aliphatic heterocycles. The predicted molar refractivity (Wildman–Crippen MR) is 105 cm³/mol. The van der Waals surface area contributed by atoms with Gasteiger partial charge in [0.2, 0.25) is 5.95 Å². The van der Waals surface area contributed by atoms with Crippen molar-refractivity contribution in [1.82, 2.24) is 14.9 Å². The summed E-state index contributed by atoms with van der Waals surface area (Å²) in [6.45, 7) is 10.4. The van der Waals surface area contributed by atoms with Crippen molar-refractivity contribution in [2.75, 3.05) is 18.4 Å². The average molecular weight is 352 g/mol. The second-order valence-electron chi connectivity index (χ2n) is 8.21. The molecule has 1 saturated heterocycles. The van der Waals surface area contributed by atoms with Crippen molar-refractivity contribution in [3.05, 3.63) is 47.8 Å². The van der Waals surface area contributed by atoms with Crippen LogP contribution in [0.25, 0.3) is 0 Å². The van der Waals surface area contributed by atoms with E-state index in [-0.39, 0.29) is 11.3 Å². The van der Waals surface area contributed by atoms with E-state index in [1.165, 1.54) is 12.0 Å². The first-order valence-corrected chi connectivity index (χ1v) is 9.32. The highest BCUT2D eigenvalue weighted by Gasteiger charge is 2.23. The number of carbonyl (C=O) groups excluding carboxylic acids is 1. The highest BCUT2D eigenvalue weighted by Crippen LogP contribution is 2.30. The number of nitrogens with one attached hydrogen (secondary N) is 1. The fourth-order valence-corrected chi connectivity index (χ4v) is 3.43. The second kappa shape index (κ2) is 7.44. The number of anilines is 2. The first-order valence-electron chi connectivity index (χ1n) is 9.32. The van der Waals surface area contributed by atoms with E-state index in [1.54, 1.807) is 12.4 Å². The fourth-order valence-electron chi connectivity index (χ4n) is 3.43. The lowest BCUT2D eigenvalue weighted by Gasteiger charge is -2.30. The van der Waals surface area contributed by atoms with Crippen LogP contribution in [0.5, 0.6) is 0 Å². The van der Waals surface area contributed by atoms with E-state index in [1.807, 2.05) is 23.1 Å². The maximum absolute atomic E-state index is 12.6. The van der Waals surface area contributed by atoms with Gasteiger partial charge in [0.15, 0.2) is 0 Å². The molecule has 1 unspecified atom stereocenters. The molecule has 3 rings (SSSR count). The number of carbonyl (C=O) groups is 1. The van der Waals surface area contributed by atoms with Crippen LogP contribution in [0.4, 0.5) is 11.6 Å². The molecular formula is C21H28N4O. The first kappa shape index (κ1) is 18.4. The lowest BCUT2D eigenvalue weighted by molar-refractivity contribution is 0.0682. The van der Waals surface area contributed by atoms with Crippen molar-refractivity contribution in [3.8, 4) is 0 Å². The largest absolute Gasteiger partial charge is 0.338 e. The van der Waals surface area contributed by atoms with Crippen molar-refractivity contribution < 1.29 is 4.79 Å². The zero-order valence-corrected chi connectivity index (χ0v) is 16.1. The Balaban J connectivity index is 1.74. The Hall–Kier alpha value is -2.43. The summed E-state index contributed by atoms with van der Waals surface area (Å²) in [5.41, 5.74) is 2.76. The van der Waals surface area contributed by atoms with Crippen molar-refractivity contribution in [1.29, 1.82) is 0 Å². The van der Waals surface area contributed by atoms with Gasteiger partial charge in [-0.25, -0.2) is 9.97 Å². The number of para-hydroxylation sites is 1. The van der Waals surface area contributed by atoms with Gasteiger partial charge in [0.1, 0.15) is 0 Å². The zero-order chi connectivity index (χ0) is 18.7. The van der Waals surface area contributed by atoms with Crippen molar-refractivity contribution in [3.63, 3.8) is 0 Å². The summed E-state index contributed by atoms with van der Waals surface area (Å²) in [5, 5.41) is 3.28. The van der Waals surface area contributed by atoms with E-state index in [9.17, 15) is 4.79 Å². The predicted octanol–water partition coefficient (Wildman–Crippen LogP) is 4.39. The van der Waals surface area contributed by atoms with Gasteiger partial charge < -0.3 is 10.2 Å². The molecule has 26 heavy (non-hydrogen) atoms. The normalized spacial score (nSPS) is 17.8. The maximum atomic E-state index is 12.6. The fraction of sp³-hybridized carbons (Fsp3) is 0.476. The third-order valence-electron chi connectivity index (χ3n) is 4.82. The van der Waals surface area contributed by atoms with E-state index in [4.69, 9.17) is 0 Å². The molecule has 5 nitrogen and oxygen atoms in total. The lowest BCUT2D eigenvalue weighted by atomic mass is 9.86. The van der Waals surface area contributed by atoms with Gasteiger partial charge in [-0.05, 0) is 35.8 Å². The molecule has 1 N–H and O–H groups in total. The summed E-state index contributed by atoms with van der Waals surface area (Å²) in [6, 6.07) is 8.16. The molecule has 1 fully saturated rings. The second-order valence-corrected chi connectivity index (χ2v) is 8.21. The monoisotopic (exact) mass is 352 g/mol. The van der Waals surface area contributed by atoms with Crippen LogP contribution in [-0.2, 0) is 5.41 Å². The Labute approximate surface area is 155 Å². The van der Waals surface area contributed by atoms with Crippen LogP contribution in [0.3, 0.4) is 0 Å². The summed E-state index contributed by atoms with van der Waals surface area (Å²) in [5.74, 6) is 1.09. The number of rotatable bonds is 3. The molecule has 1 atom stereocenters. The highest BCUT2D eigenvalue weighted by atomic mass is 16.2. The van der Waals surface area contributed by atoms with E-state index in [2.05, 4.69) is 49.0 Å². The standard InChI is InChI=1S/C21H28N4O/c1-15-8-7-11-25(14-15)19(26)16-12-22-20(23-13-16)24-18-10-6-5-9-17(18)21(2,3)4/h5-6,9-10,12-13,15H,7-8,11,14H2,1-4H3,(H,22,23,24). The molecule has 1 amide bonds. The Morgan fingerprint density at radius 3 is 2.54 bits per heavy atom. The summed E-state index contributed by atoms with van der Waals surface area (Å²) in [6.07, 6.45) is 5.50. The number of piperidine rings is 1. The summed E-state index contributed by atoms with van der Waals surface area (Å²) in [7, 11) is 0. The summed E-state index contributed by atoms with van der Waals surface area (Å²) in [4.78, 5) is 23.3. The molecule has 5 heteroatoms. The topological polar surface area (TPSA) is 58.1 Å². The van der Waals surface area contributed by atoms with Gasteiger partial charge in [-0.1, -0.05) is 45.9 Å². The summed E-state index contributed by atoms with van der Waals surface area (Å²) < 4.78 is 0. The molecule has 2 heterocycles. The third-order valence-corrected chi connectivity index (χ3v) is 4.82. The minimum absolute atomic E-state index is 0.0183. The molecule has 0 radical (unpaired) electrons. The Morgan fingerprint density at radius 1 is 1.19 bits per heavy atom. The van der Waals surface area contributed by atoms with Crippen LogP contribution >= 0.6 is 0 Å². The number of nitrogens with zero attached hydrogens (tertiary/aromatic N) is 3. The Kier molecular flexibility index (Phi) is 5.25. The molecule has 1 aromatic heterocycles. The first-order chi connectivity index (χ1) is 12.3. The molecule has 0 saturated carbocycles. The SMILES string of the molecule is CC1CCCN(C(=O)c2cnc(Nc3ccccc3C(C)(C)C)nc2)C1. The number of aromatic nitrogens is 2. The quantitative estimate of drug-likeness (QED) is 0.890. The van der Waals surface area contributed by atoms with Gasteiger partial charge >= 0.3 is 0 Å². The molecule has 2 aromatic rings. The molecular weight excluding hydrogens is 324 g/mol. The van der Waals surface area contributed by atoms with Crippen LogP contribution in [0, 0.1) is 5.92 Å². The van der Waals surface area contributed by atoms with E-state index >= 15 is 0 Å².